The summed E-state index contributed by atoms with van der Waals surface area (Å²) < 4.78 is 14.3. The molecule has 0 unspecified atom stereocenters. The first kappa shape index (κ1) is 21.8. The number of benzene rings is 2. The van der Waals surface area contributed by atoms with Gasteiger partial charge in [-0.2, -0.15) is 5.26 Å². The van der Waals surface area contributed by atoms with E-state index in [0.717, 1.165) is 53.7 Å². The summed E-state index contributed by atoms with van der Waals surface area (Å²) in [5.41, 5.74) is 11.4. The van der Waals surface area contributed by atoms with Gasteiger partial charge >= 0.3 is 0 Å². The lowest BCUT2D eigenvalue weighted by Gasteiger charge is -2.34. The van der Waals surface area contributed by atoms with Gasteiger partial charge in [-0.05, 0) is 55.2 Å². The van der Waals surface area contributed by atoms with E-state index in [-0.39, 0.29) is 23.2 Å². The van der Waals surface area contributed by atoms with Crippen molar-refractivity contribution in [3.8, 4) is 34.1 Å². The van der Waals surface area contributed by atoms with Gasteiger partial charge in [0.05, 0.1) is 11.3 Å². The highest BCUT2D eigenvalue weighted by molar-refractivity contribution is 6.00. The number of aromatic nitrogens is 2. The van der Waals surface area contributed by atoms with Crippen molar-refractivity contribution in [1.82, 2.24) is 9.97 Å². The first-order valence-electron chi connectivity index (χ1n) is 11.2. The van der Waals surface area contributed by atoms with E-state index in [4.69, 9.17) is 5.73 Å². The van der Waals surface area contributed by atoms with Gasteiger partial charge in [0, 0.05) is 53.6 Å². The molecule has 1 aliphatic rings. The molecule has 3 heterocycles. The minimum atomic E-state index is -0.299. The fraction of sp³-hybridized carbons (Fsp3) is 0.222. The summed E-state index contributed by atoms with van der Waals surface area (Å²) in [6.07, 6.45) is 5.10. The molecule has 0 radical (unpaired) electrons. The Labute approximate surface area is 197 Å². The highest BCUT2D eigenvalue weighted by atomic mass is 19.1. The molecule has 0 spiro atoms. The number of hydrogen-bond donors (Lipinski definition) is 2. The minimum Gasteiger partial charge on any atom is -0.506 e. The summed E-state index contributed by atoms with van der Waals surface area (Å²) >= 11 is 0. The third-order valence-electron chi connectivity index (χ3n) is 6.37. The van der Waals surface area contributed by atoms with Crippen LogP contribution in [-0.2, 0) is 0 Å². The lowest BCUT2D eigenvalue weighted by Crippen LogP contribution is -2.40. The van der Waals surface area contributed by atoms with Crippen LogP contribution in [0, 0.1) is 24.1 Å². The van der Waals surface area contributed by atoms with Crippen LogP contribution in [0.5, 0.6) is 5.75 Å². The molecule has 3 N–H and O–H groups in total. The van der Waals surface area contributed by atoms with Crippen LogP contribution in [0.4, 0.5) is 10.1 Å². The van der Waals surface area contributed by atoms with Crippen LogP contribution in [0.25, 0.3) is 33.3 Å². The topological polar surface area (TPSA) is 99.1 Å². The number of anilines is 1. The molecule has 0 atom stereocenters. The predicted molar refractivity (Wildman–Crippen MR) is 131 cm³/mol. The molecule has 1 fully saturated rings. The molecule has 6 nitrogen and oxygen atoms in total. The van der Waals surface area contributed by atoms with E-state index in [1.165, 1.54) is 12.1 Å². The van der Waals surface area contributed by atoms with Gasteiger partial charge in [-0.1, -0.05) is 18.2 Å². The maximum Gasteiger partial charge on any atom is 0.161 e. The third-order valence-corrected chi connectivity index (χ3v) is 6.37. The Hall–Kier alpha value is -4.02. The summed E-state index contributed by atoms with van der Waals surface area (Å²) in [6.45, 7) is 3.40. The first-order valence-corrected chi connectivity index (χ1v) is 11.2. The van der Waals surface area contributed by atoms with Crippen molar-refractivity contribution in [3.05, 3.63) is 71.8 Å². The Balaban J connectivity index is 1.76. The number of rotatable bonds is 3. The smallest absolute Gasteiger partial charge is 0.161 e. The quantitative estimate of drug-likeness (QED) is 0.457. The lowest BCUT2D eigenvalue weighted by molar-refractivity contribution is 0.475. The second kappa shape index (κ2) is 8.73. The predicted octanol–water partition coefficient (Wildman–Crippen LogP) is 4.92. The molecule has 34 heavy (non-hydrogen) atoms. The number of phenolic OH excluding ortho intramolecular Hbond substituents is 1. The van der Waals surface area contributed by atoms with Gasteiger partial charge in [0.15, 0.2) is 5.65 Å². The Morgan fingerprint density at radius 2 is 1.82 bits per heavy atom. The molecular formula is C27H24FN5O. The van der Waals surface area contributed by atoms with Gasteiger partial charge in [-0.3, -0.25) is 0 Å². The highest BCUT2D eigenvalue weighted by Gasteiger charge is 2.23. The molecule has 1 saturated heterocycles. The molecular weight excluding hydrogens is 429 g/mol. The van der Waals surface area contributed by atoms with E-state index < -0.39 is 0 Å². The molecule has 5 rings (SSSR count). The highest BCUT2D eigenvalue weighted by Crippen LogP contribution is 2.40. The molecule has 170 valence electrons. The number of nitrogens with zero attached hydrogens (tertiary/aromatic N) is 4. The standard InChI is InChI=1S/C27H24FN5O/c1-16-9-18(11-20(28)10-16)24-15-32-27-23(25(24)33-7-5-21(30)6-8-33)12-19(14-31-27)22-4-2-3-17(13-29)26(22)34/h2-4,9-12,14-15,21,34H,5-8,30H2,1H3. The van der Waals surface area contributed by atoms with Crippen LogP contribution in [-0.4, -0.2) is 34.2 Å². The lowest BCUT2D eigenvalue weighted by atomic mass is 9.96. The molecule has 2 aromatic carbocycles. The Morgan fingerprint density at radius 3 is 2.56 bits per heavy atom. The van der Waals surface area contributed by atoms with Gasteiger partial charge in [-0.25, -0.2) is 14.4 Å². The molecule has 7 heteroatoms. The second-order valence-corrected chi connectivity index (χ2v) is 8.77. The van der Waals surface area contributed by atoms with Crippen LogP contribution >= 0.6 is 0 Å². The normalized spacial score (nSPS) is 14.4. The number of aromatic hydroxyl groups is 1. The van der Waals surface area contributed by atoms with Gasteiger partial charge in [-0.15, -0.1) is 0 Å². The van der Waals surface area contributed by atoms with Gasteiger partial charge in [0.2, 0.25) is 0 Å². The fourth-order valence-electron chi connectivity index (χ4n) is 4.65. The average molecular weight is 454 g/mol. The van der Waals surface area contributed by atoms with Gasteiger partial charge in [0.25, 0.3) is 0 Å². The maximum atomic E-state index is 14.3. The Morgan fingerprint density at radius 1 is 1.06 bits per heavy atom. The fourth-order valence-corrected chi connectivity index (χ4v) is 4.65. The minimum absolute atomic E-state index is 0.0819. The van der Waals surface area contributed by atoms with E-state index >= 15 is 0 Å². The number of hydrogen-bond acceptors (Lipinski definition) is 6. The van der Waals surface area contributed by atoms with Gasteiger partial charge in [0.1, 0.15) is 17.6 Å². The summed E-state index contributed by atoms with van der Waals surface area (Å²) in [7, 11) is 0. The first-order chi connectivity index (χ1) is 16.4. The van der Waals surface area contributed by atoms with Crippen molar-refractivity contribution in [2.75, 3.05) is 18.0 Å². The number of nitriles is 1. The number of pyridine rings is 2. The molecule has 1 aliphatic heterocycles. The van der Waals surface area contributed by atoms with E-state index in [2.05, 4.69) is 14.9 Å². The molecule has 0 saturated carbocycles. The van der Waals surface area contributed by atoms with Crippen LogP contribution < -0.4 is 10.6 Å². The van der Waals surface area contributed by atoms with E-state index in [1.807, 2.05) is 25.1 Å². The van der Waals surface area contributed by atoms with Crippen LogP contribution in [0.3, 0.4) is 0 Å². The van der Waals surface area contributed by atoms with E-state index in [0.29, 0.717) is 16.8 Å². The average Bonchev–Trinajstić information content (AvgIpc) is 2.83. The molecule has 0 aliphatic carbocycles. The summed E-state index contributed by atoms with van der Waals surface area (Å²) in [4.78, 5) is 11.4. The van der Waals surface area contributed by atoms with Crippen LogP contribution in [0.2, 0.25) is 0 Å². The molecule has 4 aromatic rings. The van der Waals surface area contributed by atoms with E-state index in [1.54, 1.807) is 30.6 Å². The zero-order valence-corrected chi connectivity index (χ0v) is 18.8. The van der Waals surface area contributed by atoms with Crippen molar-refractivity contribution in [2.45, 2.75) is 25.8 Å². The Kier molecular flexibility index (Phi) is 5.60. The van der Waals surface area contributed by atoms with Crippen LogP contribution in [0.15, 0.2) is 54.9 Å². The third kappa shape index (κ3) is 3.93. The number of piperidine rings is 1. The van der Waals surface area contributed by atoms with Crippen molar-refractivity contribution in [3.63, 3.8) is 0 Å². The summed E-state index contributed by atoms with van der Waals surface area (Å²) in [6, 6.07) is 14.1. The number of aryl methyl sites for hydroxylation is 1. The zero-order valence-electron chi connectivity index (χ0n) is 18.8. The number of fused-ring (bicyclic) bond motifs is 1. The number of nitrogens with two attached hydrogens (primary N) is 1. The second-order valence-electron chi connectivity index (χ2n) is 8.77. The Bertz CT molecular complexity index is 1420. The van der Waals surface area contributed by atoms with Crippen molar-refractivity contribution >= 4 is 16.7 Å². The van der Waals surface area contributed by atoms with Crippen LogP contribution in [0.1, 0.15) is 24.0 Å². The summed E-state index contributed by atoms with van der Waals surface area (Å²) in [5, 5.41) is 20.7. The largest absolute Gasteiger partial charge is 0.506 e. The zero-order chi connectivity index (χ0) is 23.8. The van der Waals surface area contributed by atoms with E-state index in [9.17, 15) is 14.8 Å². The van der Waals surface area contributed by atoms with Crippen molar-refractivity contribution in [2.24, 2.45) is 5.73 Å². The monoisotopic (exact) mass is 453 g/mol. The SMILES string of the molecule is Cc1cc(F)cc(-c2cnc3ncc(-c4cccc(C#N)c4O)cc3c2N2CCC(N)CC2)c1. The molecule has 2 aromatic heterocycles. The maximum absolute atomic E-state index is 14.3. The van der Waals surface area contributed by atoms with Crippen molar-refractivity contribution in [1.29, 1.82) is 5.26 Å². The number of halogens is 1. The number of phenols is 1. The van der Waals surface area contributed by atoms with Crippen molar-refractivity contribution < 1.29 is 9.50 Å². The summed E-state index contributed by atoms with van der Waals surface area (Å²) in [5.74, 6) is -0.381. The number of para-hydroxylation sites is 1. The molecule has 0 bridgehead atoms. The van der Waals surface area contributed by atoms with Gasteiger partial charge < -0.3 is 15.7 Å². The molecule has 0 amide bonds.